The number of urea groups is 1. The van der Waals surface area contributed by atoms with Gasteiger partial charge in [0, 0.05) is 10.6 Å². The van der Waals surface area contributed by atoms with E-state index in [9.17, 15) is 18.8 Å². The molecule has 1 heterocycles. The van der Waals surface area contributed by atoms with Gasteiger partial charge < -0.3 is 10.6 Å². The molecule has 6 nitrogen and oxygen atoms in total. The number of carbonyl (C=O) groups excluding carboxylic acids is 3. The van der Waals surface area contributed by atoms with Crippen LogP contribution in [0.5, 0.6) is 0 Å². The van der Waals surface area contributed by atoms with Gasteiger partial charge in [0.2, 0.25) is 5.91 Å². The molecule has 0 aromatic heterocycles. The molecule has 0 saturated carbocycles. The first kappa shape index (κ1) is 21.8. The van der Waals surface area contributed by atoms with Crippen LogP contribution in [-0.4, -0.2) is 29.3 Å². The van der Waals surface area contributed by atoms with Gasteiger partial charge in [0.05, 0.1) is 6.04 Å². The molecule has 1 saturated heterocycles. The molecule has 1 fully saturated rings. The predicted octanol–water partition coefficient (Wildman–Crippen LogP) is 3.90. The van der Waals surface area contributed by atoms with Crippen LogP contribution in [0.2, 0.25) is 5.02 Å². The first-order chi connectivity index (χ1) is 14.3. The summed E-state index contributed by atoms with van der Waals surface area (Å²) in [6.07, 6.45) is 1.57. The van der Waals surface area contributed by atoms with Crippen LogP contribution in [-0.2, 0) is 15.1 Å². The Kier molecular flexibility index (Phi) is 6.41. The van der Waals surface area contributed by atoms with Gasteiger partial charge in [0.15, 0.2) is 0 Å². The number of nitrogens with zero attached hydrogens (tertiary/aromatic N) is 1. The molecular weight excluding hydrogens is 409 g/mol. The zero-order chi connectivity index (χ0) is 21.9. The number of benzene rings is 2. The molecule has 0 radical (unpaired) electrons. The van der Waals surface area contributed by atoms with E-state index in [1.54, 1.807) is 0 Å². The van der Waals surface area contributed by atoms with Crippen molar-refractivity contribution >= 4 is 29.4 Å². The average molecular weight is 432 g/mol. The van der Waals surface area contributed by atoms with E-state index >= 15 is 0 Å². The van der Waals surface area contributed by atoms with Gasteiger partial charge >= 0.3 is 6.03 Å². The standard InChI is InChI=1S/C22H23ClFN3O3/c1-3-7-18(14-8-5-4-6-9-14)25-19(28)13-27-20(29)22(2,26-21(27)30)16-11-10-15(24)12-17(16)23/h4-6,8-12,18H,3,7,13H2,1-2H3,(H,25,28)(H,26,30). The largest absolute Gasteiger partial charge is 0.348 e. The van der Waals surface area contributed by atoms with Crippen LogP contribution in [0.15, 0.2) is 48.5 Å². The quantitative estimate of drug-likeness (QED) is 0.652. The maximum absolute atomic E-state index is 13.4. The highest BCUT2D eigenvalue weighted by Crippen LogP contribution is 2.34. The van der Waals surface area contributed by atoms with Crippen molar-refractivity contribution in [3.8, 4) is 0 Å². The van der Waals surface area contributed by atoms with Crippen LogP contribution in [0.3, 0.4) is 0 Å². The number of amides is 4. The lowest BCUT2D eigenvalue weighted by molar-refractivity contribution is -0.135. The van der Waals surface area contributed by atoms with Crippen molar-refractivity contribution in [3.05, 3.63) is 70.5 Å². The number of imide groups is 1. The third kappa shape index (κ3) is 4.31. The van der Waals surface area contributed by atoms with Crippen molar-refractivity contribution in [2.75, 3.05) is 6.54 Å². The van der Waals surface area contributed by atoms with Crippen LogP contribution < -0.4 is 10.6 Å². The molecule has 2 aromatic carbocycles. The van der Waals surface area contributed by atoms with E-state index in [0.717, 1.165) is 35.4 Å². The summed E-state index contributed by atoms with van der Waals surface area (Å²) in [7, 11) is 0. The highest BCUT2D eigenvalue weighted by molar-refractivity contribution is 6.32. The molecule has 2 unspecified atom stereocenters. The highest BCUT2D eigenvalue weighted by Gasteiger charge is 2.50. The molecule has 8 heteroatoms. The molecule has 2 N–H and O–H groups in total. The van der Waals surface area contributed by atoms with Crippen molar-refractivity contribution in [2.45, 2.75) is 38.3 Å². The van der Waals surface area contributed by atoms with Crippen LogP contribution in [0.4, 0.5) is 9.18 Å². The summed E-state index contributed by atoms with van der Waals surface area (Å²) >= 11 is 6.10. The maximum atomic E-state index is 13.4. The van der Waals surface area contributed by atoms with E-state index in [-0.39, 0.29) is 16.6 Å². The lowest BCUT2D eigenvalue weighted by atomic mass is 9.92. The molecule has 1 aliphatic rings. The van der Waals surface area contributed by atoms with Crippen LogP contribution in [0.25, 0.3) is 0 Å². The fraction of sp³-hybridized carbons (Fsp3) is 0.318. The molecule has 2 atom stereocenters. The fourth-order valence-corrected chi connectivity index (χ4v) is 3.95. The number of rotatable bonds is 7. The second-order valence-electron chi connectivity index (χ2n) is 7.39. The third-order valence-corrected chi connectivity index (χ3v) is 5.47. The van der Waals surface area contributed by atoms with Gasteiger partial charge in [-0.05, 0) is 31.0 Å². The van der Waals surface area contributed by atoms with Crippen molar-refractivity contribution in [3.63, 3.8) is 0 Å². The topological polar surface area (TPSA) is 78.5 Å². The number of hydrogen-bond acceptors (Lipinski definition) is 3. The minimum absolute atomic E-state index is 0.0181. The molecule has 0 spiro atoms. The first-order valence-electron chi connectivity index (χ1n) is 9.70. The maximum Gasteiger partial charge on any atom is 0.325 e. The van der Waals surface area contributed by atoms with Crippen molar-refractivity contribution in [2.24, 2.45) is 0 Å². The smallest absolute Gasteiger partial charge is 0.325 e. The fourth-order valence-electron chi connectivity index (χ4n) is 3.60. The molecule has 4 amide bonds. The first-order valence-corrected chi connectivity index (χ1v) is 10.1. The van der Waals surface area contributed by atoms with E-state index in [1.165, 1.54) is 13.0 Å². The monoisotopic (exact) mass is 431 g/mol. The van der Waals surface area contributed by atoms with E-state index in [1.807, 2.05) is 37.3 Å². The minimum atomic E-state index is -1.48. The minimum Gasteiger partial charge on any atom is -0.348 e. The van der Waals surface area contributed by atoms with Gasteiger partial charge in [-0.2, -0.15) is 0 Å². The lowest BCUT2D eigenvalue weighted by Gasteiger charge is -2.24. The summed E-state index contributed by atoms with van der Waals surface area (Å²) in [5.74, 6) is -1.62. The molecule has 30 heavy (non-hydrogen) atoms. The van der Waals surface area contributed by atoms with Gasteiger partial charge in [-0.3, -0.25) is 14.5 Å². The molecule has 1 aliphatic heterocycles. The van der Waals surface area contributed by atoms with Gasteiger partial charge in [0.1, 0.15) is 17.9 Å². The molecular formula is C22H23ClFN3O3. The summed E-state index contributed by atoms with van der Waals surface area (Å²) in [4.78, 5) is 39.0. The molecule has 158 valence electrons. The average Bonchev–Trinajstić information content (AvgIpc) is 2.92. The zero-order valence-corrected chi connectivity index (χ0v) is 17.5. The Balaban J connectivity index is 1.75. The van der Waals surface area contributed by atoms with Crippen LogP contribution >= 0.6 is 11.6 Å². The zero-order valence-electron chi connectivity index (χ0n) is 16.7. The second kappa shape index (κ2) is 8.83. The molecule has 3 rings (SSSR count). The van der Waals surface area contributed by atoms with Gasteiger partial charge in [-0.1, -0.05) is 61.3 Å². The molecule has 0 aliphatic carbocycles. The Bertz CT molecular complexity index is 969. The SMILES string of the molecule is CCCC(NC(=O)CN1C(=O)NC(C)(c2ccc(F)cc2Cl)C1=O)c1ccccc1. The van der Waals surface area contributed by atoms with Crippen molar-refractivity contribution < 1.29 is 18.8 Å². The number of nitrogens with one attached hydrogen (secondary N) is 2. The van der Waals surface area contributed by atoms with E-state index < -0.39 is 35.7 Å². The predicted molar refractivity (Wildman–Crippen MR) is 111 cm³/mol. The van der Waals surface area contributed by atoms with Gasteiger partial charge in [0.25, 0.3) is 5.91 Å². The number of halogens is 2. The van der Waals surface area contributed by atoms with E-state index in [0.29, 0.717) is 0 Å². The molecule has 0 bridgehead atoms. The second-order valence-corrected chi connectivity index (χ2v) is 7.80. The summed E-state index contributed by atoms with van der Waals surface area (Å²) < 4.78 is 13.4. The van der Waals surface area contributed by atoms with E-state index in [2.05, 4.69) is 10.6 Å². The van der Waals surface area contributed by atoms with Crippen molar-refractivity contribution in [1.82, 2.24) is 15.5 Å². The van der Waals surface area contributed by atoms with Crippen LogP contribution in [0, 0.1) is 5.82 Å². The Morgan fingerprint density at radius 1 is 1.23 bits per heavy atom. The Morgan fingerprint density at radius 3 is 2.57 bits per heavy atom. The lowest BCUT2D eigenvalue weighted by Crippen LogP contribution is -2.44. The normalized spacial score (nSPS) is 19.5. The summed E-state index contributed by atoms with van der Waals surface area (Å²) in [6.45, 7) is 3.07. The van der Waals surface area contributed by atoms with Gasteiger partial charge in [-0.25, -0.2) is 9.18 Å². The highest BCUT2D eigenvalue weighted by atomic mass is 35.5. The number of carbonyl (C=O) groups is 3. The summed E-state index contributed by atoms with van der Waals surface area (Å²) in [5.41, 5.74) is -0.266. The van der Waals surface area contributed by atoms with E-state index in [4.69, 9.17) is 11.6 Å². The van der Waals surface area contributed by atoms with Crippen LogP contribution in [0.1, 0.15) is 43.9 Å². The summed E-state index contributed by atoms with van der Waals surface area (Å²) in [5, 5.41) is 5.49. The molecule has 2 aromatic rings. The Labute approximate surface area is 179 Å². The Hall–Kier alpha value is -2.93. The Morgan fingerprint density at radius 2 is 1.93 bits per heavy atom. The number of hydrogen-bond donors (Lipinski definition) is 2. The van der Waals surface area contributed by atoms with Gasteiger partial charge in [-0.15, -0.1) is 0 Å². The van der Waals surface area contributed by atoms with Crippen molar-refractivity contribution in [1.29, 1.82) is 0 Å². The summed E-state index contributed by atoms with van der Waals surface area (Å²) in [6, 6.07) is 12.2. The third-order valence-electron chi connectivity index (χ3n) is 5.16.